The second kappa shape index (κ2) is 4.71. The molecule has 0 aromatic heterocycles. The molecule has 17 heavy (non-hydrogen) atoms. The topological polar surface area (TPSA) is 61.4 Å². The minimum Gasteiger partial charge on any atom is -0.506 e. The largest absolute Gasteiger partial charge is 0.506 e. The number of hydrogen-bond acceptors (Lipinski definition) is 3. The van der Waals surface area contributed by atoms with Crippen molar-refractivity contribution in [3.05, 3.63) is 24.3 Å². The van der Waals surface area contributed by atoms with Crippen LogP contribution in [-0.4, -0.2) is 29.8 Å². The van der Waals surface area contributed by atoms with E-state index in [0.717, 1.165) is 6.54 Å². The summed E-state index contributed by atoms with van der Waals surface area (Å²) in [5.41, 5.74) is -1.65. The average Bonchev–Trinajstić information content (AvgIpc) is 2.33. The van der Waals surface area contributed by atoms with Crippen molar-refractivity contribution < 1.29 is 14.3 Å². The first-order chi connectivity index (χ1) is 8.12. The van der Waals surface area contributed by atoms with Gasteiger partial charge in [-0.2, -0.15) is 0 Å². The van der Waals surface area contributed by atoms with Crippen LogP contribution < -0.4 is 10.6 Å². The van der Waals surface area contributed by atoms with E-state index in [0.29, 0.717) is 6.42 Å². The van der Waals surface area contributed by atoms with Gasteiger partial charge in [-0.1, -0.05) is 12.1 Å². The first-order valence-corrected chi connectivity index (χ1v) is 5.61. The van der Waals surface area contributed by atoms with Gasteiger partial charge in [0.1, 0.15) is 5.75 Å². The van der Waals surface area contributed by atoms with Crippen molar-refractivity contribution in [3.8, 4) is 5.75 Å². The third kappa shape index (κ3) is 2.55. The number of aromatic hydroxyl groups is 1. The maximum absolute atomic E-state index is 14.2. The lowest BCUT2D eigenvalue weighted by Gasteiger charge is -2.28. The van der Waals surface area contributed by atoms with Crippen LogP contribution in [0.1, 0.15) is 12.8 Å². The van der Waals surface area contributed by atoms with Crippen LogP contribution in [0.2, 0.25) is 0 Å². The number of phenolic OH excluding ortho intramolecular Hbond substituents is 1. The van der Waals surface area contributed by atoms with Gasteiger partial charge < -0.3 is 15.7 Å². The van der Waals surface area contributed by atoms with E-state index in [9.17, 15) is 14.3 Å². The van der Waals surface area contributed by atoms with Gasteiger partial charge in [0.15, 0.2) is 0 Å². The number of benzene rings is 1. The van der Waals surface area contributed by atoms with Crippen LogP contribution in [0.25, 0.3) is 0 Å². The minimum atomic E-state index is -1.89. The first-order valence-electron chi connectivity index (χ1n) is 5.61. The number of nitrogens with one attached hydrogen (secondary N) is 2. The highest BCUT2D eigenvalue weighted by atomic mass is 19.1. The molecule has 2 rings (SSSR count). The van der Waals surface area contributed by atoms with Gasteiger partial charge in [-0.3, -0.25) is 4.79 Å². The van der Waals surface area contributed by atoms with E-state index in [2.05, 4.69) is 10.6 Å². The van der Waals surface area contributed by atoms with Crippen molar-refractivity contribution >= 4 is 11.6 Å². The molecule has 1 aromatic carbocycles. The van der Waals surface area contributed by atoms with Gasteiger partial charge in [-0.15, -0.1) is 0 Å². The van der Waals surface area contributed by atoms with E-state index < -0.39 is 11.6 Å². The van der Waals surface area contributed by atoms with Crippen molar-refractivity contribution in [2.75, 3.05) is 18.4 Å². The Balaban J connectivity index is 2.08. The molecule has 1 aliphatic rings. The molecule has 1 aliphatic heterocycles. The van der Waals surface area contributed by atoms with E-state index in [4.69, 9.17) is 0 Å². The molecule has 1 saturated heterocycles. The Kier molecular flexibility index (Phi) is 3.28. The van der Waals surface area contributed by atoms with Gasteiger partial charge in [-0.05, 0) is 31.5 Å². The van der Waals surface area contributed by atoms with Gasteiger partial charge in [-0.25, -0.2) is 4.39 Å². The Labute approximate surface area is 98.8 Å². The summed E-state index contributed by atoms with van der Waals surface area (Å²) >= 11 is 0. The molecular weight excluding hydrogens is 223 g/mol. The highest BCUT2D eigenvalue weighted by Gasteiger charge is 2.39. The summed E-state index contributed by atoms with van der Waals surface area (Å²) in [7, 11) is 0. The second-order valence-corrected chi connectivity index (χ2v) is 4.22. The fourth-order valence-electron chi connectivity index (χ4n) is 1.88. The summed E-state index contributed by atoms with van der Waals surface area (Å²) < 4.78 is 14.2. The molecule has 1 fully saturated rings. The molecule has 1 atom stereocenters. The van der Waals surface area contributed by atoms with Crippen molar-refractivity contribution in [1.82, 2.24) is 5.32 Å². The van der Waals surface area contributed by atoms with Gasteiger partial charge in [0.2, 0.25) is 5.67 Å². The zero-order valence-electron chi connectivity index (χ0n) is 9.37. The standard InChI is InChI=1S/C12H15FN2O2/c13-12(6-3-7-14-8-12)11(17)15-9-4-1-2-5-10(9)16/h1-2,4-5,14,16H,3,6-8H2,(H,15,17). The molecule has 0 bridgehead atoms. The number of amides is 1. The summed E-state index contributed by atoms with van der Waals surface area (Å²) in [6.45, 7) is 0.752. The fourth-order valence-corrected chi connectivity index (χ4v) is 1.88. The van der Waals surface area contributed by atoms with E-state index in [1.54, 1.807) is 12.1 Å². The minimum absolute atomic E-state index is 0.0203. The number of rotatable bonds is 2. The molecule has 0 saturated carbocycles. The Morgan fingerprint density at radius 2 is 2.24 bits per heavy atom. The maximum Gasteiger partial charge on any atom is 0.263 e. The lowest BCUT2D eigenvalue weighted by atomic mass is 9.95. The molecule has 92 valence electrons. The van der Waals surface area contributed by atoms with Gasteiger partial charge in [0, 0.05) is 6.54 Å². The van der Waals surface area contributed by atoms with Crippen LogP contribution in [0.4, 0.5) is 10.1 Å². The molecule has 1 amide bonds. The fraction of sp³-hybridized carbons (Fsp3) is 0.417. The van der Waals surface area contributed by atoms with Crippen LogP contribution in [0.15, 0.2) is 24.3 Å². The number of phenols is 1. The third-order valence-electron chi connectivity index (χ3n) is 2.89. The highest BCUT2D eigenvalue weighted by molar-refractivity contribution is 5.98. The molecule has 0 radical (unpaired) electrons. The number of anilines is 1. The predicted octanol–water partition coefficient (Wildman–Crippen LogP) is 1.42. The Hall–Kier alpha value is -1.62. The van der Waals surface area contributed by atoms with Crippen molar-refractivity contribution in [2.45, 2.75) is 18.5 Å². The van der Waals surface area contributed by atoms with Crippen molar-refractivity contribution in [2.24, 2.45) is 0 Å². The summed E-state index contributed by atoms with van der Waals surface area (Å²) in [6, 6.07) is 6.28. The van der Waals surface area contributed by atoms with Gasteiger partial charge in [0.05, 0.1) is 5.69 Å². The quantitative estimate of drug-likeness (QED) is 0.683. The number of alkyl halides is 1. The van der Waals surface area contributed by atoms with Crippen LogP contribution in [-0.2, 0) is 4.79 Å². The monoisotopic (exact) mass is 238 g/mol. The number of halogens is 1. The van der Waals surface area contributed by atoms with E-state index in [1.165, 1.54) is 12.1 Å². The third-order valence-corrected chi connectivity index (χ3v) is 2.89. The van der Waals surface area contributed by atoms with E-state index >= 15 is 0 Å². The number of carbonyl (C=O) groups is 1. The summed E-state index contributed by atoms with van der Waals surface area (Å²) in [5.74, 6) is -0.764. The van der Waals surface area contributed by atoms with Crippen molar-refractivity contribution in [3.63, 3.8) is 0 Å². The Bertz CT molecular complexity index is 417. The lowest BCUT2D eigenvalue weighted by Crippen LogP contribution is -2.50. The zero-order chi connectivity index (χ0) is 12.3. The van der Waals surface area contributed by atoms with E-state index in [1.807, 2.05) is 0 Å². The molecule has 0 aliphatic carbocycles. The smallest absolute Gasteiger partial charge is 0.263 e. The SMILES string of the molecule is O=C(Nc1ccccc1O)C1(F)CCCNC1. The molecule has 1 aromatic rings. The molecule has 3 N–H and O–H groups in total. The number of piperidine rings is 1. The zero-order valence-corrected chi connectivity index (χ0v) is 9.37. The van der Waals surface area contributed by atoms with E-state index in [-0.39, 0.29) is 24.4 Å². The predicted molar refractivity (Wildman–Crippen MR) is 62.7 cm³/mol. The number of hydrogen-bond donors (Lipinski definition) is 3. The first kappa shape index (κ1) is 11.9. The Morgan fingerprint density at radius 3 is 2.88 bits per heavy atom. The molecule has 1 heterocycles. The average molecular weight is 238 g/mol. The Morgan fingerprint density at radius 1 is 1.47 bits per heavy atom. The second-order valence-electron chi connectivity index (χ2n) is 4.22. The molecule has 1 unspecified atom stereocenters. The molecular formula is C12H15FN2O2. The van der Waals surface area contributed by atoms with Crippen LogP contribution in [0, 0.1) is 0 Å². The van der Waals surface area contributed by atoms with Gasteiger partial charge >= 0.3 is 0 Å². The lowest BCUT2D eigenvalue weighted by molar-refractivity contribution is -0.128. The van der Waals surface area contributed by atoms with Crippen molar-refractivity contribution in [1.29, 1.82) is 0 Å². The summed E-state index contributed by atoms with van der Waals surface area (Å²) in [4.78, 5) is 11.8. The molecule has 5 heteroatoms. The summed E-state index contributed by atoms with van der Waals surface area (Å²) in [5, 5.41) is 14.8. The van der Waals surface area contributed by atoms with Gasteiger partial charge in [0.25, 0.3) is 5.91 Å². The number of para-hydroxylation sites is 2. The highest BCUT2D eigenvalue weighted by Crippen LogP contribution is 2.26. The van der Waals surface area contributed by atoms with Crippen LogP contribution >= 0.6 is 0 Å². The molecule has 4 nitrogen and oxygen atoms in total. The van der Waals surface area contributed by atoms with Crippen LogP contribution in [0.5, 0.6) is 5.75 Å². The molecule has 0 spiro atoms. The maximum atomic E-state index is 14.2. The summed E-state index contributed by atoms with van der Waals surface area (Å²) in [6.07, 6.45) is 0.837. The van der Waals surface area contributed by atoms with Crippen LogP contribution in [0.3, 0.4) is 0 Å². The normalized spacial score (nSPS) is 24.3. The number of carbonyl (C=O) groups excluding carboxylic acids is 1.